The molecule has 0 saturated carbocycles. The predicted octanol–water partition coefficient (Wildman–Crippen LogP) is 0.799. The van der Waals surface area contributed by atoms with Gasteiger partial charge >= 0.3 is 12.0 Å². The van der Waals surface area contributed by atoms with E-state index in [1.54, 1.807) is 4.90 Å². The van der Waals surface area contributed by atoms with Crippen LogP contribution in [0.5, 0.6) is 0 Å². The zero-order chi connectivity index (χ0) is 15.7. The van der Waals surface area contributed by atoms with Gasteiger partial charge in [0, 0.05) is 26.1 Å². The van der Waals surface area contributed by atoms with Crippen LogP contribution in [0.2, 0.25) is 0 Å². The first-order valence-electron chi connectivity index (χ1n) is 7.50. The molecular weight excluding hydrogens is 274 g/mol. The summed E-state index contributed by atoms with van der Waals surface area (Å²) in [6.07, 6.45) is 3.82. The van der Waals surface area contributed by atoms with E-state index in [9.17, 15) is 14.4 Å². The predicted molar refractivity (Wildman–Crippen MR) is 77.9 cm³/mol. The highest BCUT2D eigenvalue weighted by atomic mass is 16.4. The second kappa shape index (κ2) is 9.20. The largest absolute Gasteiger partial charge is 0.481 e. The standard InChI is InChI=1S/C14H25N3O4/c1-11(5-6-13(19)20)9-15-14(21)16-10-12(18)17-7-3-2-4-8-17/h11H,2-10H2,1H3,(H,19,20)(H2,15,16,21). The molecule has 1 unspecified atom stereocenters. The van der Waals surface area contributed by atoms with Crippen LogP contribution in [0.15, 0.2) is 0 Å². The zero-order valence-electron chi connectivity index (χ0n) is 12.6. The summed E-state index contributed by atoms with van der Waals surface area (Å²) in [5.41, 5.74) is 0. The fourth-order valence-corrected chi connectivity index (χ4v) is 2.21. The van der Waals surface area contributed by atoms with Gasteiger partial charge in [-0.05, 0) is 31.6 Å². The number of likely N-dealkylation sites (tertiary alicyclic amines) is 1. The van der Waals surface area contributed by atoms with Crippen molar-refractivity contribution < 1.29 is 19.5 Å². The van der Waals surface area contributed by atoms with Crippen LogP contribution in [0.25, 0.3) is 0 Å². The summed E-state index contributed by atoms with van der Waals surface area (Å²) in [6, 6.07) is -0.387. The van der Waals surface area contributed by atoms with Gasteiger partial charge in [0.25, 0.3) is 0 Å². The molecule has 0 spiro atoms. The molecule has 0 radical (unpaired) electrons. The average Bonchev–Trinajstić information content (AvgIpc) is 2.49. The van der Waals surface area contributed by atoms with E-state index < -0.39 is 5.97 Å². The van der Waals surface area contributed by atoms with Crippen molar-refractivity contribution in [1.29, 1.82) is 0 Å². The molecule has 1 fully saturated rings. The number of amides is 3. The van der Waals surface area contributed by atoms with E-state index in [0.29, 0.717) is 13.0 Å². The molecular formula is C14H25N3O4. The van der Waals surface area contributed by atoms with Gasteiger partial charge in [0.05, 0.1) is 6.54 Å². The van der Waals surface area contributed by atoms with E-state index in [2.05, 4.69) is 10.6 Å². The smallest absolute Gasteiger partial charge is 0.315 e. The molecule has 3 amide bonds. The Morgan fingerprint density at radius 1 is 1.14 bits per heavy atom. The first kappa shape index (κ1) is 17.3. The molecule has 7 nitrogen and oxygen atoms in total. The summed E-state index contributed by atoms with van der Waals surface area (Å²) in [7, 11) is 0. The van der Waals surface area contributed by atoms with Crippen LogP contribution in [0.4, 0.5) is 4.79 Å². The Morgan fingerprint density at radius 3 is 2.43 bits per heavy atom. The van der Waals surface area contributed by atoms with Crippen LogP contribution < -0.4 is 10.6 Å². The lowest BCUT2D eigenvalue weighted by atomic mass is 10.1. The van der Waals surface area contributed by atoms with Crippen LogP contribution in [0.1, 0.15) is 39.0 Å². The molecule has 0 aromatic rings. The van der Waals surface area contributed by atoms with Crippen molar-refractivity contribution in [2.24, 2.45) is 5.92 Å². The molecule has 120 valence electrons. The van der Waals surface area contributed by atoms with Gasteiger partial charge in [-0.25, -0.2) is 4.79 Å². The van der Waals surface area contributed by atoms with Crippen LogP contribution >= 0.6 is 0 Å². The molecule has 3 N–H and O–H groups in total. The topological polar surface area (TPSA) is 98.7 Å². The summed E-state index contributed by atoms with van der Waals surface area (Å²) in [5.74, 6) is -0.799. The summed E-state index contributed by atoms with van der Waals surface area (Å²) < 4.78 is 0. The number of rotatable bonds is 7. The highest BCUT2D eigenvalue weighted by Gasteiger charge is 2.16. The zero-order valence-corrected chi connectivity index (χ0v) is 12.6. The molecule has 21 heavy (non-hydrogen) atoms. The monoisotopic (exact) mass is 299 g/mol. The molecule has 0 aromatic heterocycles. The van der Waals surface area contributed by atoms with Crippen molar-refractivity contribution in [3.05, 3.63) is 0 Å². The van der Waals surface area contributed by atoms with Gasteiger partial charge in [0.1, 0.15) is 0 Å². The van der Waals surface area contributed by atoms with Gasteiger partial charge in [0.15, 0.2) is 0 Å². The maximum atomic E-state index is 11.8. The lowest BCUT2D eigenvalue weighted by Gasteiger charge is -2.26. The molecule has 1 heterocycles. The highest BCUT2D eigenvalue weighted by Crippen LogP contribution is 2.08. The number of carbonyl (C=O) groups excluding carboxylic acids is 2. The third-order valence-electron chi connectivity index (χ3n) is 3.57. The number of carboxylic acid groups (broad SMARTS) is 1. The Hall–Kier alpha value is -1.79. The van der Waals surface area contributed by atoms with E-state index in [4.69, 9.17) is 5.11 Å². The minimum Gasteiger partial charge on any atom is -0.481 e. The quantitative estimate of drug-likeness (QED) is 0.647. The molecule has 0 aliphatic carbocycles. The summed E-state index contributed by atoms with van der Waals surface area (Å²) in [4.78, 5) is 35.6. The Kier molecular flexibility index (Phi) is 7.56. The molecule has 1 saturated heterocycles. The first-order chi connectivity index (χ1) is 9.99. The van der Waals surface area contributed by atoms with E-state index in [-0.39, 0.29) is 30.8 Å². The van der Waals surface area contributed by atoms with Crippen molar-refractivity contribution in [3.63, 3.8) is 0 Å². The first-order valence-corrected chi connectivity index (χ1v) is 7.50. The van der Waals surface area contributed by atoms with Gasteiger partial charge in [-0.1, -0.05) is 6.92 Å². The molecule has 1 aliphatic rings. The van der Waals surface area contributed by atoms with Crippen molar-refractivity contribution in [2.45, 2.75) is 39.0 Å². The summed E-state index contributed by atoms with van der Waals surface area (Å²) in [6.45, 7) is 3.83. The SMILES string of the molecule is CC(CCC(=O)O)CNC(=O)NCC(=O)N1CCCCC1. The van der Waals surface area contributed by atoms with Gasteiger partial charge < -0.3 is 20.6 Å². The highest BCUT2D eigenvalue weighted by molar-refractivity contribution is 5.84. The van der Waals surface area contributed by atoms with Crippen LogP contribution in [0, 0.1) is 5.92 Å². The lowest BCUT2D eigenvalue weighted by Crippen LogP contribution is -2.45. The summed E-state index contributed by atoms with van der Waals surface area (Å²) >= 11 is 0. The van der Waals surface area contributed by atoms with E-state index >= 15 is 0 Å². The second-order valence-corrected chi connectivity index (χ2v) is 5.54. The van der Waals surface area contributed by atoms with Crippen molar-refractivity contribution in [1.82, 2.24) is 15.5 Å². The van der Waals surface area contributed by atoms with Gasteiger partial charge in [0.2, 0.25) is 5.91 Å². The third kappa shape index (κ3) is 7.53. The Labute approximate surface area is 125 Å². The molecule has 1 aliphatic heterocycles. The molecule has 7 heteroatoms. The van der Waals surface area contributed by atoms with Crippen molar-refractivity contribution in [3.8, 4) is 0 Å². The third-order valence-corrected chi connectivity index (χ3v) is 3.57. The number of carbonyl (C=O) groups is 3. The normalized spacial score (nSPS) is 16.1. The Bertz CT molecular complexity index is 367. The van der Waals surface area contributed by atoms with Crippen LogP contribution in [-0.4, -0.2) is 54.1 Å². The second-order valence-electron chi connectivity index (χ2n) is 5.54. The Balaban J connectivity index is 2.12. The molecule has 0 aromatic carbocycles. The number of piperidine rings is 1. The van der Waals surface area contributed by atoms with E-state index in [1.807, 2.05) is 6.92 Å². The molecule has 1 atom stereocenters. The number of carboxylic acids is 1. The van der Waals surface area contributed by atoms with Crippen molar-refractivity contribution in [2.75, 3.05) is 26.2 Å². The minimum atomic E-state index is -0.835. The van der Waals surface area contributed by atoms with E-state index in [0.717, 1.165) is 32.4 Å². The van der Waals surface area contributed by atoms with Crippen LogP contribution in [0.3, 0.4) is 0 Å². The number of hydrogen-bond donors (Lipinski definition) is 3. The lowest BCUT2D eigenvalue weighted by molar-refractivity contribution is -0.137. The van der Waals surface area contributed by atoms with Gasteiger partial charge in [-0.2, -0.15) is 0 Å². The maximum Gasteiger partial charge on any atom is 0.315 e. The average molecular weight is 299 g/mol. The number of aliphatic carboxylic acids is 1. The Morgan fingerprint density at radius 2 is 1.81 bits per heavy atom. The van der Waals surface area contributed by atoms with E-state index in [1.165, 1.54) is 0 Å². The van der Waals surface area contributed by atoms with Crippen molar-refractivity contribution >= 4 is 17.9 Å². The van der Waals surface area contributed by atoms with Crippen LogP contribution in [-0.2, 0) is 9.59 Å². The molecule has 1 rings (SSSR count). The van der Waals surface area contributed by atoms with Gasteiger partial charge in [-0.3, -0.25) is 9.59 Å². The fourth-order valence-electron chi connectivity index (χ4n) is 2.21. The number of nitrogens with one attached hydrogen (secondary N) is 2. The number of nitrogens with zero attached hydrogens (tertiary/aromatic N) is 1. The number of hydrogen-bond acceptors (Lipinski definition) is 3. The minimum absolute atomic E-state index is 0.00927. The molecule has 0 bridgehead atoms. The summed E-state index contributed by atoms with van der Waals surface area (Å²) in [5, 5.41) is 13.8. The van der Waals surface area contributed by atoms with Gasteiger partial charge in [-0.15, -0.1) is 0 Å². The number of urea groups is 1. The maximum absolute atomic E-state index is 11.8. The fraction of sp³-hybridized carbons (Fsp3) is 0.786.